The summed E-state index contributed by atoms with van der Waals surface area (Å²) in [5, 5.41) is 5.39. The van der Waals surface area contributed by atoms with Gasteiger partial charge >= 0.3 is 17.1 Å². The number of benzene rings is 4. The summed E-state index contributed by atoms with van der Waals surface area (Å²) >= 11 is 0. The first-order chi connectivity index (χ1) is 25.5. The van der Waals surface area contributed by atoms with Crippen LogP contribution in [0.2, 0.25) is 0 Å². The molecule has 0 spiro atoms. The monoisotopic (exact) mass is 776 g/mol. The van der Waals surface area contributed by atoms with E-state index in [-0.39, 0.29) is 29.2 Å². The quantitative estimate of drug-likeness (QED) is 0.120. The molecule has 4 nitrogen and oxygen atoms in total. The molecule has 0 saturated heterocycles. The van der Waals surface area contributed by atoms with Crippen LogP contribution in [0.3, 0.4) is 0 Å². The normalized spacial score (nSPS) is 21.0. The Hall–Kier alpha value is -2.80. The molecule has 0 bridgehead atoms. The first-order valence-electron chi connectivity index (χ1n) is 18.2. The Labute approximate surface area is 331 Å². The van der Waals surface area contributed by atoms with Gasteiger partial charge in [-0.1, -0.05) is 149 Å². The van der Waals surface area contributed by atoms with E-state index in [4.69, 9.17) is 19.5 Å². The number of nitrogens with zero attached hydrogens (tertiary/aromatic N) is 2. The second-order valence-electron chi connectivity index (χ2n) is 13.8. The Morgan fingerprint density at radius 3 is 1.04 bits per heavy atom. The fraction of sp³-hybridized carbons (Fsp3) is 0.217. The van der Waals surface area contributed by atoms with Crippen LogP contribution in [-0.2, 0) is 26.5 Å². The maximum absolute atomic E-state index is 5.99. The number of hydrogen-bond donors (Lipinski definition) is 0. The molecular formula is C46H46FeN2O2P2+2. The molecule has 0 amide bonds. The van der Waals surface area contributed by atoms with Gasteiger partial charge < -0.3 is 9.47 Å². The summed E-state index contributed by atoms with van der Waals surface area (Å²) in [5.74, 6) is 4.90. The largest absolute Gasteiger partial charge is 2.00 e. The second kappa shape index (κ2) is 19.2. The van der Waals surface area contributed by atoms with Gasteiger partial charge in [-0.2, -0.15) is 0 Å². The maximum atomic E-state index is 5.99. The van der Waals surface area contributed by atoms with E-state index in [1.165, 1.54) is 32.5 Å². The van der Waals surface area contributed by atoms with E-state index < -0.39 is 15.8 Å². The van der Waals surface area contributed by atoms with Gasteiger partial charge in [-0.05, 0) is 87.4 Å². The van der Waals surface area contributed by atoms with Crippen molar-refractivity contribution in [1.82, 2.24) is 0 Å². The van der Waals surface area contributed by atoms with Gasteiger partial charge in [-0.25, -0.2) is 9.98 Å². The number of aliphatic imine (C=N–C) groups is 2. The average Bonchev–Trinajstić information content (AvgIpc) is 4.02. The number of rotatable bonds is 10. The molecule has 8 rings (SSSR count). The molecule has 10 radical (unpaired) electrons. The zero-order valence-electron chi connectivity index (χ0n) is 30.7. The van der Waals surface area contributed by atoms with Gasteiger partial charge in [0.1, 0.15) is 13.2 Å². The van der Waals surface area contributed by atoms with E-state index in [2.05, 4.69) is 188 Å². The number of hydrogen-bond acceptors (Lipinski definition) is 4. The topological polar surface area (TPSA) is 43.2 Å². The van der Waals surface area contributed by atoms with E-state index in [9.17, 15) is 0 Å². The van der Waals surface area contributed by atoms with Crippen molar-refractivity contribution in [1.29, 1.82) is 0 Å². The standard InChI is InChI=1S/2C23H23NOP.Fe/c2*1-17(2)21-16-25-23(24-21)20-14-9-15-22(20)26(18-10-5-3-6-11-18)19-12-7-4-8-13-19;/h2*3-15,17,21H,16H2,1-2H3;/q;;+2/t2*21-;/m11./s1. The Balaban J connectivity index is 0.000000178. The summed E-state index contributed by atoms with van der Waals surface area (Å²) in [4.78, 5) is 9.73. The molecule has 4 aromatic carbocycles. The Morgan fingerprint density at radius 2 is 0.774 bits per heavy atom. The molecule has 4 aliphatic rings. The molecule has 0 N–H and O–H groups in total. The summed E-state index contributed by atoms with van der Waals surface area (Å²) in [6, 6.07) is 43.6. The van der Waals surface area contributed by atoms with Crippen LogP contribution in [0.25, 0.3) is 0 Å². The van der Waals surface area contributed by atoms with Crippen LogP contribution in [-0.4, -0.2) is 37.1 Å². The smallest absolute Gasteiger partial charge is 0.478 e. The minimum Gasteiger partial charge on any atom is -0.478 e. The van der Waals surface area contributed by atoms with Crippen molar-refractivity contribution in [3.63, 3.8) is 0 Å². The van der Waals surface area contributed by atoms with Crippen molar-refractivity contribution in [3.8, 4) is 0 Å². The van der Waals surface area contributed by atoms with Gasteiger partial charge in [0.25, 0.3) is 0 Å². The van der Waals surface area contributed by atoms with Crippen LogP contribution >= 0.6 is 15.8 Å². The van der Waals surface area contributed by atoms with Gasteiger partial charge in [0, 0.05) is 11.3 Å². The van der Waals surface area contributed by atoms with Gasteiger partial charge in [0.05, 0.1) is 23.9 Å². The summed E-state index contributed by atoms with van der Waals surface area (Å²) in [6.45, 7) is 10.2. The van der Waals surface area contributed by atoms with Crippen LogP contribution < -0.4 is 21.2 Å². The molecule has 268 valence electrons. The Kier molecular flexibility index (Phi) is 14.4. The Bertz CT molecular complexity index is 1550. The third kappa shape index (κ3) is 9.54. The SMILES string of the molecule is CC(C)[C@H]1COC([C]2[CH][CH][CH][C]2P(c2ccccc2)c2ccccc2)=N1.CC(C)[C@H]1COC([C]2[CH][CH][CH][C]2P(c2ccccc2)c2ccccc2)=N1.[Fe+2]. The van der Waals surface area contributed by atoms with Crippen LogP contribution in [0.4, 0.5) is 0 Å². The van der Waals surface area contributed by atoms with Crippen molar-refractivity contribution in [3.05, 3.63) is 183 Å². The van der Waals surface area contributed by atoms with E-state index in [1.807, 2.05) is 0 Å². The fourth-order valence-electron chi connectivity index (χ4n) is 6.49. The van der Waals surface area contributed by atoms with E-state index in [1.54, 1.807) is 0 Å². The van der Waals surface area contributed by atoms with Crippen LogP contribution in [0.1, 0.15) is 27.7 Å². The molecule has 2 saturated carbocycles. The Morgan fingerprint density at radius 1 is 0.472 bits per heavy atom. The van der Waals surface area contributed by atoms with Crippen molar-refractivity contribution in [2.45, 2.75) is 39.8 Å². The molecule has 2 aliphatic carbocycles. The van der Waals surface area contributed by atoms with Crippen LogP contribution in [0, 0.1) is 73.5 Å². The summed E-state index contributed by atoms with van der Waals surface area (Å²) in [5.41, 5.74) is 2.64. The molecule has 53 heavy (non-hydrogen) atoms. The van der Waals surface area contributed by atoms with E-state index in [0.29, 0.717) is 25.0 Å². The molecular weight excluding hydrogens is 730 g/mol. The molecule has 4 aromatic rings. The van der Waals surface area contributed by atoms with E-state index in [0.717, 1.165) is 23.6 Å². The second-order valence-corrected chi connectivity index (χ2v) is 18.1. The average molecular weight is 777 g/mol. The zero-order valence-corrected chi connectivity index (χ0v) is 33.6. The van der Waals surface area contributed by atoms with E-state index >= 15 is 0 Å². The predicted molar refractivity (Wildman–Crippen MR) is 221 cm³/mol. The molecule has 0 unspecified atom stereocenters. The maximum Gasteiger partial charge on any atom is 2.00 e. The molecule has 7 heteroatoms. The third-order valence-electron chi connectivity index (χ3n) is 9.47. The fourth-order valence-corrected chi connectivity index (χ4v) is 11.4. The molecule has 2 aliphatic heterocycles. The van der Waals surface area contributed by atoms with Gasteiger partial charge in [-0.3, -0.25) is 0 Å². The van der Waals surface area contributed by atoms with Crippen molar-refractivity contribution >= 4 is 48.9 Å². The van der Waals surface area contributed by atoms with Gasteiger partial charge in [-0.15, -0.1) is 0 Å². The molecule has 2 heterocycles. The van der Waals surface area contributed by atoms with Crippen LogP contribution in [0.15, 0.2) is 131 Å². The minimum absolute atomic E-state index is 0. The summed E-state index contributed by atoms with van der Waals surface area (Å²) < 4.78 is 12.0. The van der Waals surface area contributed by atoms with Gasteiger partial charge in [0.2, 0.25) is 0 Å². The molecule has 2 atom stereocenters. The molecule has 0 aromatic heterocycles. The molecule has 2 fully saturated rings. The van der Waals surface area contributed by atoms with Crippen molar-refractivity contribution in [2.24, 2.45) is 21.8 Å². The van der Waals surface area contributed by atoms with Crippen molar-refractivity contribution < 1.29 is 26.5 Å². The predicted octanol–water partition coefficient (Wildman–Crippen LogP) is 8.61. The van der Waals surface area contributed by atoms with Crippen LogP contribution in [0.5, 0.6) is 0 Å². The zero-order chi connectivity index (χ0) is 35.9. The first kappa shape index (κ1) is 39.9. The third-order valence-corrected chi connectivity index (χ3v) is 14.5. The number of ether oxygens (including phenoxy) is 2. The van der Waals surface area contributed by atoms with Crippen molar-refractivity contribution in [2.75, 3.05) is 13.2 Å². The van der Waals surface area contributed by atoms with Gasteiger partial charge in [0.15, 0.2) is 11.8 Å². The summed E-state index contributed by atoms with van der Waals surface area (Å²) in [6.07, 6.45) is 13.0. The minimum atomic E-state index is -0.636. The summed E-state index contributed by atoms with van der Waals surface area (Å²) in [7, 11) is -1.27. The first-order valence-corrected chi connectivity index (χ1v) is 20.9.